The Hall–Kier alpha value is -2.80. The lowest BCUT2D eigenvalue weighted by Gasteiger charge is -2.43. The summed E-state index contributed by atoms with van der Waals surface area (Å²) in [5, 5.41) is 4.14. The molecule has 0 amide bonds. The first-order valence-corrected chi connectivity index (χ1v) is 12.0. The molecule has 13 heteroatoms. The molecule has 0 radical (unpaired) electrons. The highest BCUT2D eigenvalue weighted by molar-refractivity contribution is 7.88. The van der Waals surface area contributed by atoms with Gasteiger partial charge in [0.05, 0.1) is 18.4 Å². The number of fused-ring (bicyclic) bond motifs is 1. The molecule has 0 bridgehead atoms. The third-order valence-electron chi connectivity index (χ3n) is 5.72. The number of hydrogen-bond acceptors (Lipinski definition) is 6. The maximum absolute atomic E-state index is 14.7. The van der Waals surface area contributed by atoms with E-state index in [0.717, 1.165) is 6.26 Å². The van der Waals surface area contributed by atoms with Crippen molar-refractivity contribution in [2.24, 2.45) is 11.8 Å². The van der Waals surface area contributed by atoms with E-state index in [1.54, 1.807) is 17.0 Å². The van der Waals surface area contributed by atoms with Crippen molar-refractivity contribution in [1.82, 2.24) is 24.3 Å². The maximum atomic E-state index is 14.7. The molecule has 2 unspecified atom stereocenters. The Morgan fingerprint density at radius 2 is 2.03 bits per heavy atom. The minimum absolute atomic E-state index is 0.0152. The van der Waals surface area contributed by atoms with Gasteiger partial charge in [-0.15, -0.1) is 0 Å². The summed E-state index contributed by atoms with van der Waals surface area (Å²) in [4.78, 5) is 9.97. The van der Waals surface area contributed by atoms with E-state index < -0.39 is 40.8 Å². The van der Waals surface area contributed by atoms with Crippen molar-refractivity contribution in [3.63, 3.8) is 0 Å². The number of piperidine rings is 1. The van der Waals surface area contributed by atoms with Crippen molar-refractivity contribution in [3.05, 3.63) is 42.5 Å². The van der Waals surface area contributed by atoms with E-state index in [1.807, 2.05) is 0 Å². The third kappa shape index (κ3) is 4.78. The van der Waals surface area contributed by atoms with Crippen LogP contribution in [0.1, 0.15) is 19.0 Å². The number of nitrogens with zero attached hydrogens (tertiary/aromatic N) is 5. The van der Waals surface area contributed by atoms with Gasteiger partial charge < -0.3 is 4.90 Å². The molecule has 2 atom stereocenters. The molecule has 0 aromatic carbocycles. The minimum Gasteiger partial charge on any atom is -0.356 e. The highest BCUT2D eigenvalue weighted by Crippen LogP contribution is 2.39. The Balaban J connectivity index is 1.65. The molecule has 8 nitrogen and oxygen atoms in total. The van der Waals surface area contributed by atoms with Gasteiger partial charge in [0.15, 0.2) is 5.65 Å². The van der Waals surface area contributed by atoms with Crippen molar-refractivity contribution >= 4 is 21.5 Å². The van der Waals surface area contributed by atoms with Crippen LogP contribution in [0.4, 0.5) is 23.4 Å². The Bertz CT molecular complexity index is 1270. The molecule has 1 fully saturated rings. The third-order valence-corrected chi connectivity index (χ3v) is 6.41. The molecule has 4 heterocycles. The smallest absolute Gasteiger partial charge is 0.280 e. The molecule has 4 rings (SSSR count). The van der Waals surface area contributed by atoms with Gasteiger partial charge in [0, 0.05) is 43.5 Å². The summed E-state index contributed by atoms with van der Waals surface area (Å²) >= 11 is 0. The van der Waals surface area contributed by atoms with Gasteiger partial charge in [-0.3, -0.25) is 0 Å². The molecule has 3 aromatic rings. The zero-order chi connectivity index (χ0) is 24.0. The second-order valence-electron chi connectivity index (χ2n) is 8.18. The van der Waals surface area contributed by atoms with Crippen LogP contribution in [0.5, 0.6) is 0 Å². The van der Waals surface area contributed by atoms with Crippen molar-refractivity contribution in [1.29, 1.82) is 0 Å². The normalized spacial score (nSPS) is 21.1. The van der Waals surface area contributed by atoms with E-state index >= 15 is 0 Å². The predicted octanol–water partition coefficient (Wildman–Crippen LogP) is 2.99. The average Bonchev–Trinajstić information content (AvgIpc) is 3.17. The Morgan fingerprint density at radius 3 is 2.73 bits per heavy atom. The highest BCUT2D eigenvalue weighted by Gasteiger charge is 2.49. The molecule has 0 saturated carbocycles. The molecular weight excluding hydrogens is 464 g/mol. The van der Waals surface area contributed by atoms with Gasteiger partial charge in [-0.25, -0.2) is 45.2 Å². The van der Waals surface area contributed by atoms with Crippen LogP contribution in [-0.4, -0.2) is 59.8 Å². The van der Waals surface area contributed by atoms with Gasteiger partial charge in [0.25, 0.3) is 12.3 Å². The SMILES string of the molecule is CC1CN(c2cc(-c3cnn4ccc(C(F)F)nc34)ccn2)CC(CNS(C)(=O)=O)C1(F)F. The Labute approximate surface area is 187 Å². The number of hydrogen-bond donors (Lipinski definition) is 1. The molecule has 178 valence electrons. The average molecular weight is 486 g/mol. The van der Waals surface area contributed by atoms with Gasteiger partial charge in [-0.1, -0.05) is 6.92 Å². The van der Waals surface area contributed by atoms with Crippen LogP contribution in [0.15, 0.2) is 36.8 Å². The van der Waals surface area contributed by atoms with Crippen LogP contribution < -0.4 is 9.62 Å². The fourth-order valence-electron chi connectivity index (χ4n) is 3.92. The van der Waals surface area contributed by atoms with Gasteiger partial charge in [0.2, 0.25) is 10.0 Å². The van der Waals surface area contributed by atoms with Crippen LogP contribution in [-0.2, 0) is 10.0 Å². The number of sulfonamides is 1. The Kier molecular flexibility index (Phi) is 6.03. The second-order valence-corrected chi connectivity index (χ2v) is 10.0. The number of rotatable bonds is 6. The molecular formula is C20H22F4N6O2S. The molecule has 1 aliphatic heterocycles. The summed E-state index contributed by atoms with van der Waals surface area (Å²) in [5.41, 5.74) is 0.933. The monoisotopic (exact) mass is 486 g/mol. The maximum Gasteiger partial charge on any atom is 0.280 e. The number of halogens is 4. The van der Waals surface area contributed by atoms with Crippen LogP contribution in [0.2, 0.25) is 0 Å². The first-order valence-electron chi connectivity index (χ1n) is 10.1. The fraction of sp³-hybridized carbons (Fsp3) is 0.450. The lowest BCUT2D eigenvalue weighted by Crippen LogP contribution is -2.56. The molecule has 33 heavy (non-hydrogen) atoms. The quantitative estimate of drug-likeness (QED) is 0.539. The summed E-state index contributed by atoms with van der Waals surface area (Å²) in [6.45, 7) is 0.908. The Morgan fingerprint density at radius 1 is 1.27 bits per heavy atom. The van der Waals surface area contributed by atoms with E-state index in [0.29, 0.717) is 16.9 Å². The molecule has 1 saturated heterocycles. The summed E-state index contributed by atoms with van der Waals surface area (Å²) in [6.07, 6.45) is 2.56. The number of aromatic nitrogens is 4. The fourth-order valence-corrected chi connectivity index (χ4v) is 4.43. The summed E-state index contributed by atoms with van der Waals surface area (Å²) < 4.78 is 82.1. The molecule has 0 spiro atoms. The largest absolute Gasteiger partial charge is 0.356 e. The van der Waals surface area contributed by atoms with Crippen molar-refractivity contribution in [2.75, 3.05) is 30.8 Å². The van der Waals surface area contributed by atoms with Gasteiger partial charge >= 0.3 is 0 Å². The minimum atomic E-state index is -3.63. The van der Waals surface area contributed by atoms with Gasteiger partial charge in [0.1, 0.15) is 11.5 Å². The standard InChI is InChI=1S/C20H22F4N6O2S/c1-12-10-29(11-14(20(12,23)24)8-27-33(2,31)32)17-7-13(3-5-25-17)15-9-26-30-6-4-16(18(21)22)28-19(15)30/h3-7,9,12,14,18,27H,8,10-11H2,1-2H3. The zero-order valence-corrected chi connectivity index (χ0v) is 18.6. The topological polar surface area (TPSA) is 92.5 Å². The second kappa shape index (κ2) is 8.52. The van der Waals surface area contributed by atoms with Crippen molar-refractivity contribution in [3.8, 4) is 11.1 Å². The summed E-state index contributed by atoms with van der Waals surface area (Å²) in [5.74, 6) is -4.96. The summed E-state index contributed by atoms with van der Waals surface area (Å²) in [6, 6.07) is 4.50. The number of pyridine rings is 1. The van der Waals surface area contributed by atoms with Crippen molar-refractivity contribution < 1.29 is 26.0 Å². The van der Waals surface area contributed by atoms with E-state index in [-0.39, 0.29) is 24.4 Å². The van der Waals surface area contributed by atoms with Gasteiger partial charge in [-0.05, 0) is 23.8 Å². The molecule has 0 aliphatic carbocycles. The van der Waals surface area contributed by atoms with E-state index in [2.05, 4.69) is 19.8 Å². The first-order chi connectivity index (χ1) is 15.5. The number of nitrogens with one attached hydrogen (secondary N) is 1. The predicted molar refractivity (Wildman–Crippen MR) is 114 cm³/mol. The first kappa shape index (κ1) is 23.4. The number of alkyl halides is 4. The number of anilines is 1. The molecule has 1 aliphatic rings. The highest BCUT2D eigenvalue weighted by atomic mass is 32.2. The molecule has 3 aromatic heterocycles. The lowest BCUT2D eigenvalue weighted by molar-refractivity contribution is -0.108. The van der Waals surface area contributed by atoms with Crippen molar-refractivity contribution in [2.45, 2.75) is 19.3 Å². The zero-order valence-electron chi connectivity index (χ0n) is 17.8. The lowest BCUT2D eigenvalue weighted by atomic mass is 9.86. The van der Waals surface area contributed by atoms with Crippen LogP contribution in [0.25, 0.3) is 16.8 Å². The molecule has 1 N–H and O–H groups in total. The van der Waals surface area contributed by atoms with Crippen LogP contribution in [0, 0.1) is 11.8 Å². The summed E-state index contributed by atoms with van der Waals surface area (Å²) in [7, 11) is -3.63. The van der Waals surface area contributed by atoms with Gasteiger partial charge in [-0.2, -0.15) is 5.10 Å². The van der Waals surface area contributed by atoms with E-state index in [4.69, 9.17) is 0 Å². The van der Waals surface area contributed by atoms with E-state index in [1.165, 1.54) is 36.1 Å². The van der Waals surface area contributed by atoms with E-state index in [9.17, 15) is 26.0 Å². The van der Waals surface area contributed by atoms with Crippen LogP contribution >= 0.6 is 0 Å². The van der Waals surface area contributed by atoms with Crippen LogP contribution in [0.3, 0.4) is 0 Å².